The molecule has 2 aliphatic rings. The van der Waals surface area contributed by atoms with E-state index in [-0.39, 0.29) is 17.5 Å². The van der Waals surface area contributed by atoms with Crippen LogP contribution in [0.1, 0.15) is 29.5 Å². The number of carbonyl (C=O) groups excluding carboxylic acids is 2. The molecule has 0 aromatic heterocycles. The Morgan fingerprint density at radius 1 is 1.18 bits per heavy atom. The molecule has 2 aromatic rings. The van der Waals surface area contributed by atoms with Crippen molar-refractivity contribution in [2.45, 2.75) is 38.8 Å². The molecule has 10 heteroatoms. The average Bonchev–Trinajstić information content (AvgIpc) is 3.07. The van der Waals surface area contributed by atoms with Gasteiger partial charge in [-0.1, -0.05) is 35.9 Å². The van der Waals surface area contributed by atoms with Crippen LogP contribution in [-0.4, -0.2) is 52.3 Å². The summed E-state index contributed by atoms with van der Waals surface area (Å²) >= 11 is 0. The number of nitrogens with one attached hydrogen (secondary N) is 1. The van der Waals surface area contributed by atoms with E-state index in [2.05, 4.69) is 5.32 Å². The fraction of sp³-hybridized carbons (Fsp3) is 0.391. The molecule has 174 valence electrons. The normalized spacial score (nSPS) is 17.6. The van der Waals surface area contributed by atoms with Gasteiger partial charge in [-0.15, -0.1) is 5.06 Å². The minimum absolute atomic E-state index is 0.0778. The van der Waals surface area contributed by atoms with E-state index in [0.29, 0.717) is 44.6 Å². The van der Waals surface area contributed by atoms with Crippen molar-refractivity contribution in [2.75, 3.05) is 25.0 Å². The van der Waals surface area contributed by atoms with E-state index in [1.807, 2.05) is 31.2 Å². The predicted octanol–water partition coefficient (Wildman–Crippen LogP) is 4.16. The summed E-state index contributed by atoms with van der Waals surface area (Å²) in [5.41, 5.74) is 2.32. The molecule has 2 heterocycles. The monoisotopic (exact) mass is 454 g/mol. The standard InChI is InChI=1S/C23H26N4O6/c1-16-3-6-18(7-4-16)14-25-15-23(32-22(25)29)9-11-26(12-10-23)33-21(28)24-19-8-5-17(2)20(13-19)27(30)31/h3-8,13H,9-12,14-15H2,1-2H3,(H,24,28). The van der Waals surface area contributed by atoms with Gasteiger partial charge in [-0.2, -0.15) is 0 Å². The summed E-state index contributed by atoms with van der Waals surface area (Å²) in [7, 11) is 0. The molecular weight excluding hydrogens is 428 g/mol. The number of ether oxygens (including phenoxy) is 1. The van der Waals surface area contributed by atoms with Crippen molar-refractivity contribution in [3.05, 3.63) is 69.3 Å². The first-order chi connectivity index (χ1) is 15.7. The largest absolute Gasteiger partial charge is 0.441 e. The van der Waals surface area contributed by atoms with Gasteiger partial charge in [-0.25, -0.2) is 9.59 Å². The summed E-state index contributed by atoms with van der Waals surface area (Å²) in [5.74, 6) is 0. The van der Waals surface area contributed by atoms with Crippen LogP contribution in [0.3, 0.4) is 0 Å². The van der Waals surface area contributed by atoms with Gasteiger partial charge in [0, 0.05) is 44.1 Å². The number of anilines is 1. The molecule has 0 bridgehead atoms. The highest BCUT2D eigenvalue weighted by Gasteiger charge is 2.47. The number of nitro groups is 1. The number of nitrogens with zero attached hydrogens (tertiary/aromatic N) is 3. The Morgan fingerprint density at radius 2 is 1.88 bits per heavy atom. The van der Waals surface area contributed by atoms with Crippen molar-refractivity contribution >= 4 is 23.6 Å². The molecule has 33 heavy (non-hydrogen) atoms. The highest BCUT2D eigenvalue weighted by molar-refractivity contribution is 5.85. The number of amides is 2. The molecule has 0 saturated carbocycles. The number of carbonyl (C=O) groups is 2. The third-order valence-electron chi connectivity index (χ3n) is 6.03. The Kier molecular flexibility index (Phi) is 6.19. The van der Waals surface area contributed by atoms with E-state index >= 15 is 0 Å². The second-order valence-corrected chi connectivity index (χ2v) is 8.58. The number of rotatable bonds is 5. The van der Waals surface area contributed by atoms with Gasteiger partial charge in [-0.3, -0.25) is 20.3 Å². The number of hydrogen-bond acceptors (Lipinski definition) is 7. The summed E-state index contributed by atoms with van der Waals surface area (Å²) in [5, 5.41) is 15.1. The number of benzene rings is 2. The van der Waals surface area contributed by atoms with Crippen LogP contribution in [0.25, 0.3) is 0 Å². The van der Waals surface area contributed by atoms with Crippen molar-refractivity contribution in [1.29, 1.82) is 0 Å². The lowest BCUT2D eigenvalue weighted by Gasteiger charge is -2.36. The summed E-state index contributed by atoms with van der Waals surface area (Å²) in [6.45, 7) is 5.45. The van der Waals surface area contributed by atoms with Gasteiger partial charge in [0.15, 0.2) is 0 Å². The third kappa shape index (κ3) is 5.23. The van der Waals surface area contributed by atoms with Crippen LogP contribution in [-0.2, 0) is 16.1 Å². The molecular formula is C23H26N4O6. The Balaban J connectivity index is 1.28. The smallest absolute Gasteiger partial charge is 0.430 e. The van der Waals surface area contributed by atoms with Gasteiger partial charge in [0.2, 0.25) is 0 Å². The van der Waals surface area contributed by atoms with Gasteiger partial charge in [0.05, 0.1) is 17.2 Å². The van der Waals surface area contributed by atoms with Gasteiger partial charge >= 0.3 is 12.2 Å². The van der Waals surface area contributed by atoms with Crippen LogP contribution in [0.4, 0.5) is 21.0 Å². The summed E-state index contributed by atoms with van der Waals surface area (Å²) in [4.78, 5) is 42.3. The first-order valence-corrected chi connectivity index (χ1v) is 10.8. The van der Waals surface area contributed by atoms with E-state index < -0.39 is 16.6 Å². The van der Waals surface area contributed by atoms with Crippen LogP contribution in [0.5, 0.6) is 0 Å². The quantitative estimate of drug-likeness (QED) is 0.533. The highest BCUT2D eigenvalue weighted by Crippen LogP contribution is 2.34. The lowest BCUT2D eigenvalue weighted by molar-refractivity contribution is -0.385. The summed E-state index contributed by atoms with van der Waals surface area (Å²) < 4.78 is 5.73. The molecule has 0 unspecified atom stereocenters. The van der Waals surface area contributed by atoms with Crippen LogP contribution >= 0.6 is 0 Å². The molecule has 0 radical (unpaired) electrons. The van der Waals surface area contributed by atoms with Gasteiger partial charge in [-0.05, 0) is 25.5 Å². The molecule has 1 spiro atoms. The van der Waals surface area contributed by atoms with Crippen LogP contribution < -0.4 is 5.32 Å². The number of hydroxylamine groups is 2. The maximum Gasteiger partial charge on any atom is 0.430 e. The van der Waals surface area contributed by atoms with E-state index in [1.54, 1.807) is 24.0 Å². The molecule has 2 amide bonds. The Bertz CT molecular complexity index is 1060. The van der Waals surface area contributed by atoms with E-state index in [0.717, 1.165) is 11.1 Å². The zero-order chi connectivity index (χ0) is 23.6. The van der Waals surface area contributed by atoms with Crippen molar-refractivity contribution in [2.24, 2.45) is 0 Å². The second kappa shape index (κ2) is 9.07. The minimum atomic E-state index is -0.728. The zero-order valence-electron chi connectivity index (χ0n) is 18.6. The predicted molar refractivity (Wildman–Crippen MR) is 120 cm³/mol. The molecule has 2 saturated heterocycles. The average molecular weight is 454 g/mol. The Labute approximate surface area is 191 Å². The van der Waals surface area contributed by atoms with Crippen LogP contribution in [0.15, 0.2) is 42.5 Å². The maximum atomic E-state index is 12.4. The number of nitro benzene ring substituents is 1. The lowest BCUT2D eigenvalue weighted by atomic mass is 9.92. The first-order valence-electron chi connectivity index (χ1n) is 10.8. The molecule has 4 rings (SSSR count). The number of aryl methyl sites for hydroxylation is 2. The van der Waals surface area contributed by atoms with E-state index in [9.17, 15) is 19.7 Å². The first kappa shape index (κ1) is 22.5. The summed E-state index contributed by atoms with van der Waals surface area (Å²) in [6, 6.07) is 12.5. The van der Waals surface area contributed by atoms with Crippen LogP contribution in [0, 0.1) is 24.0 Å². The maximum absolute atomic E-state index is 12.4. The van der Waals surface area contributed by atoms with Gasteiger partial charge in [0.1, 0.15) is 5.60 Å². The van der Waals surface area contributed by atoms with Crippen molar-refractivity contribution in [3.63, 3.8) is 0 Å². The van der Waals surface area contributed by atoms with Crippen molar-refractivity contribution < 1.29 is 24.1 Å². The number of piperidine rings is 1. The Hall–Kier alpha value is -3.66. The third-order valence-corrected chi connectivity index (χ3v) is 6.03. The van der Waals surface area contributed by atoms with Gasteiger partial charge < -0.3 is 9.57 Å². The van der Waals surface area contributed by atoms with Gasteiger partial charge in [0.25, 0.3) is 5.69 Å². The van der Waals surface area contributed by atoms with E-state index in [4.69, 9.17) is 9.57 Å². The molecule has 0 atom stereocenters. The minimum Gasteiger partial charge on any atom is -0.441 e. The molecule has 0 aliphatic carbocycles. The molecule has 1 N–H and O–H groups in total. The number of hydrogen-bond donors (Lipinski definition) is 1. The fourth-order valence-electron chi connectivity index (χ4n) is 4.12. The molecule has 10 nitrogen and oxygen atoms in total. The SMILES string of the molecule is Cc1ccc(CN2CC3(CCN(OC(=O)Nc4ccc(C)c([N+](=O)[O-])c4)CC3)OC2=O)cc1. The lowest BCUT2D eigenvalue weighted by Crippen LogP contribution is -2.47. The topological polar surface area (TPSA) is 114 Å². The van der Waals surface area contributed by atoms with E-state index in [1.165, 1.54) is 11.1 Å². The summed E-state index contributed by atoms with van der Waals surface area (Å²) in [6.07, 6.45) is 0.0101. The molecule has 2 aliphatic heterocycles. The second-order valence-electron chi connectivity index (χ2n) is 8.58. The molecule has 2 fully saturated rings. The fourth-order valence-corrected chi connectivity index (χ4v) is 4.12. The molecule has 2 aromatic carbocycles. The van der Waals surface area contributed by atoms with Crippen molar-refractivity contribution in [3.8, 4) is 0 Å². The zero-order valence-corrected chi connectivity index (χ0v) is 18.6. The van der Waals surface area contributed by atoms with Crippen molar-refractivity contribution in [1.82, 2.24) is 9.96 Å². The van der Waals surface area contributed by atoms with Crippen LogP contribution in [0.2, 0.25) is 0 Å². The highest BCUT2D eigenvalue weighted by atomic mass is 16.7. The Morgan fingerprint density at radius 3 is 2.55 bits per heavy atom.